The third kappa shape index (κ3) is 3.50. The number of para-hydroxylation sites is 1. The van der Waals surface area contributed by atoms with E-state index in [2.05, 4.69) is 16.4 Å². The van der Waals surface area contributed by atoms with Crippen molar-refractivity contribution in [1.82, 2.24) is 10.3 Å². The van der Waals surface area contributed by atoms with Gasteiger partial charge in [0.25, 0.3) is 5.91 Å². The first-order chi connectivity index (χ1) is 13.7. The molecule has 6 nitrogen and oxygen atoms in total. The predicted octanol–water partition coefficient (Wildman–Crippen LogP) is 2.91. The van der Waals surface area contributed by atoms with Gasteiger partial charge in [-0.2, -0.15) is 5.26 Å². The fraction of sp³-hybridized carbons (Fsp3) is 0.273. The summed E-state index contributed by atoms with van der Waals surface area (Å²) in [6.07, 6.45) is 1.38. The molecule has 142 valence electrons. The molecule has 2 aromatic carbocycles. The first kappa shape index (κ1) is 18.2. The van der Waals surface area contributed by atoms with Gasteiger partial charge in [0.1, 0.15) is 6.10 Å². The summed E-state index contributed by atoms with van der Waals surface area (Å²) < 4.78 is 5.85. The zero-order chi connectivity index (χ0) is 19.5. The van der Waals surface area contributed by atoms with Crippen molar-refractivity contribution in [2.45, 2.75) is 31.1 Å². The molecule has 0 radical (unpaired) electrons. The average molecular weight is 375 g/mol. The quantitative estimate of drug-likeness (QED) is 0.639. The van der Waals surface area contributed by atoms with Gasteiger partial charge >= 0.3 is 0 Å². The number of H-pyrrole nitrogens is 1. The number of ether oxygens (including phenoxy) is 1. The number of hydrogen-bond acceptors (Lipinski definition) is 4. The smallest absolute Gasteiger partial charge is 0.254 e. The molecule has 28 heavy (non-hydrogen) atoms. The molecule has 1 amide bonds. The van der Waals surface area contributed by atoms with E-state index in [1.54, 1.807) is 6.20 Å². The second-order valence-electron chi connectivity index (χ2n) is 6.96. The van der Waals surface area contributed by atoms with E-state index >= 15 is 0 Å². The number of hydrogen-bond donors (Lipinski definition) is 3. The number of aliphatic hydroxyl groups is 1. The fourth-order valence-electron chi connectivity index (χ4n) is 3.60. The summed E-state index contributed by atoms with van der Waals surface area (Å²) in [4.78, 5) is 15.8. The highest BCUT2D eigenvalue weighted by Gasteiger charge is 2.35. The maximum Gasteiger partial charge on any atom is 0.254 e. The summed E-state index contributed by atoms with van der Waals surface area (Å²) >= 11 is 0. The number of nitrogens with zero attached hydrogens (tertiary/aromatic N) is 1. The lowest BCUT2D eigenvalue weighted by atomic mass is 9.98. The van der Waals surface area contributed by atoms with Gasteiger partial charge in [0.05, 0.1) is 18.7 Å². The van der Waals surface area contributed by atoms with Gasteiger partial charge in [-0.25, -0.2) is 0 Å². The van der Waals surface area contributed by atoms with Crippen molar-refractivity contribution in [3.05, 3.63) is 71.4 Å². The van der Waals surface area contributed by atoms with Crippen LogP contribution in [0.15, 0.2) is 54.7 Å². The van der Waals surface area contributed by atoms with Crippen molar-refractivity contribution in [2.24, 2.45) is 0 Å². The van der Waals surface area contributed by atoms with Crippen LogP contribution in [-0.4, -0.2) is 28.6 Å². The molecule has 1 aromatic heterocycles. The Morgan fingerprint density at radius 1 is 1.21 bits per heavy atom. The molecule has 1 saturated heterocycles. The van der Waals surface area contributed by atoms with E-state index < -0.39 is 18.2 Å². The highest BCUT2D eigenvalue weighted by molar-refractivity contribution is 5.91. The molecule has 6 heteroatoms. The summed E-state index contributed by atoms with van der Waals surface area (Å²) in [6.45, 7) is 0.216. The topological polar surface area (TPSA) is 98.1 Å². The monoisotopic (exact) mass is 375 g/mol. The van der Waals surface area contributed by atoms with E-state index in [9.17, 15) is 9.90 Å². The second kappa shape index (κ2) is 7.85. The molecule has 0 aliphatic carbocycles. The minimum atomic E-state index is -0.863. The number of fused-ring (bicyclic) bond motifs is 1. The number of nitriles is 1. The molecule has 3 atom stereocenters. The largest absolute Gasteiger partial charge is 0.386 e. The van der Waals surface area contributed by atoms with Gasteiger partial charge < -0.3 is 20.1 Å². The van der Waals surface area contributed by atoms with Crippen LogP contribution in [-0.2, 0) is 16.0 Å². The normalized spacial score (nSPS) is 20.5. The molecule has 3 N–H and O–H groups in total. The number of morpholine rings is 1. The maximum atomic E-state index is 12.7. The molecule has 2 heterocycles. The third-order valence-corrected chi connectivity index (χ3v) is 5.14. The number of carbonyl (C=O) groups is 1. The molecule has 0 spiro atoms. The Balaban J connectivity index is 1.45. The van der Waals surface area contributed by atoms with Gasteiger partial charge in [-0.05, 0) is 23.6 Å². The standard InChI is InChI=1S/C22H21N3O3/c23-11-3-4-14-7-9-15(10-8-14)20(26)19-13-28-21(22(27)25-19)17-12-24-18-6-2-1-5-16(17)18/h1-2,5-10,12,19-21,24,26H,3-4,13H2,(H,25,27)/t19-,20+,21+/m0/s1. The number of nitrogens with one attached hydrogen (secondary N) is 2. The summed E-state index contributed by atoms with van der Waals surface area (Å²) in [5.74, 6) is -0.259. The lowest BCUT2D eigenvalue weighted by Crippen LogP contribution is -2.50. The van der Waals surface area contributed by atoms with Gasteiger partial charge in [-0.15, -0.1) is 0 Å². The van der Waals surface area contributed by atoms with Crippen molar-refractivity contribution < 1.29 is 14.6 Å². The van der Waals surface area contributed by atoms with Crippen LogP contribution in [0.4, 0.5) is 0 Å². The van der Waals surface area contributed by atoms with Crippen molar-refractivity contribution in [3.63, 3.8) is 0 Å². The van der Waals surface area contributed by atoms with E-state index in [0.29, 0.717) is 18.4 Å². The Bertz CT molecular complexity index is 1020. The zero-order valence-corrected chi connectivity index (χ0v) is 15.3. The third-order valence-electron chi connectivity index (χ3n) is 5.14. The molecule has 0 bridgehead atoms. The summed E-state index contributed by atoms with van der Waals surface area (Å²) in [5, 5.41) is 23.2. The van der Waals surface area contributed by atoms with E-state index in [1.807, 2.05) is 48.5 Å². The van der Waals surface area contributed by atoms with Crippen LogP contribution >= 0.6 is 0 Å². The van der Waals surface area contributed by atoms with Gasteiger partial charge in [0.15, 0.2) is 6.10 Å². The van der Waals surface area contributed by atoms with E-state index in [-0.39, 0.29) is 12.5 Å². The summed E-state index contributed by atoms with van der Waals surface area (Å²) in [6, 6.07) is 16.8. The highest BCUT2D eigenvalue weighted by Crippen LogP contribution is 2.30. The van der Waals surface area contributed by atoms with Gasteiger partial charge in [-0.1, -0.05) is 42.5 Å². The van der Waals surface area contributed by atoms with Crippen LogP contribution in [0, 0.1) is 11.3 Å². The van der Waals surface area contributed by atoms with Crippen LogP contribution in [0.5, 0.6) is 0 Å². The first-order valence-corrected chi connectivity index (χ1v) is 9.29. The molecule has 1 fully saturated rings. The number of aromatic nitrogens is 1. The van der Waals surface area contributed by atoms with Crippen molar-refractivity contribution in [1.29, 1.82) is 5.26 Å². The van der Waals surface area contributed by atoms with Crippen LogP contribution in [0.2, 0.25) is 0 Å². The number of aromatic amines is 1. The molecule has 0 unspecified atom stereocenters. The molecule has 4 rings (SSSR count). The Morgan fingerprint density at radius 2 is 2.00 bits per heavy atom. The minimum absolute atomic E-state index is 0.216. The lowest BCUT2D eigenvalue weighted by Gasteiger charge is -2.32. The maximum absolute atomic E-state index is 12.7. The van der Waals surface area contributed by atoms with Gasteiger partial charge in [-0.3, -0.25) is 4.79 Å². The van der Waals surface area contributed by atoms with Crippen LogP contribution in [0.1, 0.15) is 35.3 Å². The minimum Gasteiger partial charge on any atom is -0.386 e. The Kier molecular flexibility index (Phi) is 5.11. The average Bonchev–Trinajstić information content (AvgIpc) is 3.16. The zero-order valence-electron chi connectivity index (χ0n) is 15.3. The summed E-state index contributed by atoms with van der Waals surface area (Å²) in [5.41, 5.74) is 3.50. The van der Waals surface area contributed by atoms with Crippen molar-refractivity contribution in [3.8, 4) is 6.07 Å². The van der Waals surface area contributed by atoms with Gasteiger partial charge in [0.2, 0.25) is 0 Å². The highest BCUT2D eigenvalue weighted by atomic mass is 16.5. The van der Waals surface area contributed by atoms with Crippen LogP contribution in [0.25, 0.3) is 10.9 Å². The molecule has 3 aromatic rings. The predicted molar refractivity (Wildman–Crippen MR) is 104 cm³/mol. The lowest BCUT2D eigenvalue weighted by molar-refractivity contribution is -0.144. The fourth-order valence-corrected chi connectivity index (χ4v) is 3.60. The Morgan fingerprint density at radius 3 is 2.75 bits per heavy atom. The van der Waals surface area contributed by atoms with E-state index in [0.717, 1.165) is 22.0 Å². The SMILES string of the molecule is N#CCCc1ccc([C@@H](O)[C@@H]2CO[C@H](c3c[nH]c4ccccc34)C(=O)N2)cc1. The molecule has 1 aliphatic rings. The van der Waals surface area contributed by atoms with Crippen LogP contribution in [0.3, 0.4) is 0 Å². The number of aliphatic hydroxyl groups excluding tert-OH is 1. The second-order valence-corrected chi connectivity index (χ2v) is 6.96. The summed E-state index contributed by atoms with van der Waals surface area (Å²) in [7, 11) is 0. The molecule has 1 aliphatic heterocycles. The van der Waals surface area contributed by atoms with Crippen LogP contribution < -0.4 is 5.32 Å². The molecule has 0 saturated carbocycles. The number of carbonyl (C=O) groups excluding carboxylic acids is 1. The van der Waals surface area contributed by atoms with E-state index in [4.69, 9.17) is 10.00 Å². The molecular formula is C22H21N3O3. The Hall–Kier alpha value is -3.14. The number of benzene rings is 2. The van der Waals surface area contributed by atoms with E-state index in [1.165, 1.54) is 0 Å². The number of rotatable bonds is 5. The molecular weight excluding hydrogens is 354 g/mol. The number of aryl methyl sites for hydroxylation is 1. The van der Waals surface area contributed by atoms with Crippen molar-refractivity contribution >= 4 is 16.8 Å². The number of amides is 1. The van der Waals surface area contributed by atoms with Crippen molar-refractivity contribution in [2.75, 3.05) is 6.61 Å². The Labute approximate surface area is 162 Å². The van der Waals surface area contributed by atoms with Gasteiger partial charge in [0, 0.05) is 29.1 Å². The first-order valence-electron chi connectivity index (χ1n) is 9.29.